The van der Waals surface area contributed by atoms with Gasteiger partial charge in [-0.15, -0.1) is 22.7 Å². The van der Waals surface area contributed by atoms with Crippen molar-refractivity contribution in [3.8, 4) is 0 Å². The van der Waals surface area contributed by atoms with Gasteiger partial charge in [0.05, 0.1) is 11.0 Å². The summed E-state index contributed by atoms with van der Waals surface area (Å²) in [5.41, 5.74) is 0.940. The SMILES string of the molecule is CC(OC(=O)c1cc2sc3ccccc3c2s1)C(=O)Nc1ncnc2nc[nH]c12. The van der Waals surface area contributed by atoms with E-state index in [0.717, 1.165) is 14.8 Å². The molecule has 4 aromatic heterocycles. The predicted octanol–water partition coefficient (Wildman–Crippen LogP) is 3.97. The van der Waals surface area contributed by atoms with Crippen LogP contribution >= 0.6 is 22.7 Å². The molecule has 2 N–H and O–H groups in total. The number of nitrogens with one attached hydrogen (secondary N) is 2. The van der Waals surface area contributed by atoms with Crippen LogP contribution in [0.15, 0.2) is 43.0 Å². The molecule has 0 fully saturated rings. The summed E-state index contributed by atoms with van der Waals surface area (Å²) in [6, 6.07) is 9.87. The highest BCUT2D eigenvalue weighted by molar-refractivity contribution is 7.33. The van der Waals surface area contributed by atoms with Crippen molar-refractivity contribution in [2.24, 2.45) is 0 Å². The van der Waals surface area contributed by atoms with Gasteiger partial charge in [-0.2, -0.15) is 0 Å². The van der Waals surface area contributed by atoms with Crippen LogP contribution < -0.4 is 5.32 Å². The summed E-state index contributed by atoms with van der Waals surface area (Å²) in [6.07, 6.45) is 1.77. The number of H-pyrrole nitrogens is 1. The van der Waals surface area contributed by atoms with Crippen molar-refractivity contribution in [2.75, 3.05) is 5.32 Å². The number of imidazole rings is 1. The second kappa shape index (κ2) is 6.90. The van der Waals surface area contributed by atoms with E-state index in [-0.39, 0.29) is 5.82 Å². The minimum atomic E-state index is -0.993. The Morgan fingerprint density at radius 3 is 2.90 bits per heavy atom. The smallest absolute Gasteiger partial charge is 0.349 e. The topological polar surface area (TPSA) is 110 Å². The lowest BCUT2D eigenvalue weighted by molar-refractivity contribution is -0.123. The minimum Gasteiger partial charge on any atom is -0.448 e. The number of nitrogens with zero attached hydrogens (tertiary/aromatic N) is 3. The molecule has 5 rings (SSSR count). The molecular weight excluding hydrogens is 410 g/mol. The van der Waals surface area contributed by atoms with Crippen LogP contribution in [0.4, 0.5) is 5.82 Å². The van der Waals surface area contributed by atoms with Crippen molar-refractivity contribution in [1.82, 2.24) is 19.9 Å². The third kappa shape index (κ3) is 3.12. The van der Waals surface area contributed by atoms with Crippen molar-refractivity contribution in [1.29, 1.82) is 0 Å². The van der Waals surface area contributed by atoms with Gasteiger partial charge in [0.15, 0.2) is 17.6 Å². The summed E-state index contributed by atoms with van der Waals surface area (Å²) >= 11 is 3.00. The molecule has 10 heteroatoms. The fourth-order valence-corrected chi connectivity index (χ4v) is 5.36. The first-order valence-electron chi connectivity index (χ1n) is 8.67. The first-order valence-corrected chi connectivity index (χ1v) is 10.3. The summed E-state index contributed by atoms with van der Waals surface area (Å²) in [7, 11) is 0. The van der Waals surface area contributed by atoms with Gasteiger partial charge in [-0.1, -0.05) is 18.2 Å². The first kappa shape index (κ1) is 17.7. The number of amides is 1. The van der Waals surface area contributed by atoms with Crippen LogP contribution in [0.2, 0.25) is 0 Å². The number of thiophene rings is 2. The number of carbonyl (C=O) groups is 2. The molecule has 4 heterocycles. The molecule has 1 amide bonds. The summed E-state index contributed by atoms with van der Waals surface area (Å²) in [4.78, 5) is 40.4. The maximum Gasteiger partial charge on any atom is 0.349 e. The van der Waals surface area contributed by atoms with E-state index in [1.165, 1.54) is 35.6 Å². The van der Waals surface area contributed by atoms with Gasteiger partial charge in [0.1, 0.15) is 16.7 Å². The Hall–Kier alpha value is -3.37. The summed E-state index contributed by atoms with van der Waals surface area (Å²) < 4.78 is 8.63. The molecule has 0 saturated carbocycles. The second-order valence-corrected chi connectivity index (χ2v) is 8.40. The molecule has 0 aliphatic rings. The Labute approximate surface area is 171 Å². The van der Waals surface area contributed by atoms with E-state index in [9.17, 15) is 9.59 Å². The van der Waals surface area contributed by atoms with Crippen molar-refractivity contribution in [3.05, 3.63) is 47.9 Å². The number of hydrogen-bond donors (Lipinski definition) is 2. The fourth-order valence-electron chi connectivity index (χ4n) is 2.95. The molecule has 0 aliphatic heterocycles. The Bertz CT molecular complexity index is 1390. The van der Waals surface area contributed by atoms with E-state index in [1.54, 1.807) is 11.3 Å². The molecular formula is C19H13N5O3S2. The van der Waals surface area contributed by atoms with Gasteiger partial charge in [0, 0.05) is 14.8 Å². The van der Waals surface area contributed by atoms with Crippen molar-refractivity contribution in [2.45, 2.75) is 13.0 Å². The fraction of sp³-hybridized carbons (Fsp3) is 0.105. The van der Waals surface area contributed by atoms with Gasteiger partial charge >= 0.3 is 5.97 Å². The number of rotatable bonds is 4. The first-order chi connectivity index (χ1) is 14.1. The van der Waals surface area contributed by atoms with Gasteiger partial charge in [-0.25, -0.2) is 19.7 Å². The number of hydrogen-bond acceptors (Lipinski definition) is 8. The van der Waals surface area contributed by atoms with Gasteiger partial charge in [0.25, 0.3) is 5.91 Å². The monoisotopic (exact) mass is 423 g/mol. The number of aromatic amines is 1. The maximum atomic E-state index is 12.6. The molecule has 29 heavy (non-hydrogen) atoms. The van der Waals surface area contributed by atoms with Crippen LogP contribution in [-0.2, 0) is 9.53 Å². The van der Waals surface area contributed by atoms with Crippen LogP contribution in [0.3, 0.4) is 0 Å². The lowest BCUT2D eigenvalue weighted by atomic mass is 10.2. The summed E-state index contributed by atoms with van der Waals surface area (Å²) in [6.45, 7) is 1.52. The van der Waals surface area contributed by atoms with Crippen LogP contribution in [0.5, 0.6) is 0 Å². The highest BCUT2D eigenvalue weighted by atomic mass is 32.1. The Morgan fingerprint density at radius 1 is 1.14 bits per heavy atom. The number of anilines is 1. The number of esters is 1. The molecule has 5 aromatic rings. The predicted molar refractivity (Wildman–Crippen MR) is 112 cm³/mol. The van der Waals surface area contributed by atoms with Crippen LogP contribution in [0, 0.1) is 0 Å². The number of ether oxygens (including phenoxy) is 1. The van der Waals surface area contributed by atoms with Crippen molar-refractivity contribution >= 4 is 71.0 Å². The van der Waals surface area contributed by atoms with Crippen molar-refractivity contribution < 1.29 is 14.3 Å². The average molecular weight is 423 g/mol. The van der Waals surface area contributed by atoms with Crippen LogP contribution in [0.25, 0.3) is 30.6 Å². The lowest BCUT2D eigenvalue weighted by Crippen LogP contribution is -2.30. The molecule has 144 valence electrons. The molecule has 8 nitrogen and oxygen atoms in total. The van der Waals surface area contributed by atoms with Gasteiger partial charge in [-0.3, -0.25) is 4.79 Å². The number of fused-ring (bicyclic) bond motifs is 4. The van der Waals surface area contributed by atoms with Crippen LogP contribution in [-0.4, -0.2) is 37.9 Å². The Morgan fingerprint density at radius 2 is 2.00 bits per heavy atom. The van der Waals surface area contributed by atoms with Crippen LogP contribution in [0.1, 0.15) is 16.6 Å². The third-order valence-corrected chi connectivity index (χ3v) is 6.76. The molecule has 0 saturated heterocycles. The molecule has 1 aromatic carbocycles. The van der Waals surface area contributed by atoms with E-state index in [0.29, 0.717) is 16.0 Å². The normalized spacial score (nSPS) is 12.4. The van der Waals surface area contributed by atoms with Gasteiger partial charge in [-0.05, 0) is 19.1 Å². The summed E-state index contributed by atoms with van der Waals surface area (Å²) in [5, 5.41) is 3.76. The van der Waals surface area contributed by atoms with E-state index >= 15 is 0 Å². The summed E-state index contributed by atoms with van der Waals surface area (Å²) in [5.74, 6) is -0.736. The third-order valence-electron chi connectivity index (χ3n) is 4.37. The largest absolute Gasteiger partial charge is 0.448 e. The van der Waals surface area contributed by atoms with Crippen molar-refractivity contribution in [3.63, 3.8) is 0 Å². The highest BCUT2D eigenvalue weighted by Gasteiger charge is 2.22. The zero-order chi connectivity index (χ0) is 20.0. The Balaban J connectivity index is 1.32. The van der Waals surface area contributed by atoms with Gasteiger partial charge < -0.3 is 15.0 Å². The highest BCUT2D eigenvalue weighted by Crippen LogP contribution is 2.39. The second-order valence-electron chi connectivity index (χ2n) is 6.26. The van der Waals surface area contributed by atoms with E-state index in [4.69, 9.17) is 4.74 Å². The zero-order valence-electron chi connectivity index (χ0n) is 15.0. The molecule has 0 spiro atoms. The standard InChI is InChI=1S/C19H13N5O3S2/c1-9(18(25)24-17-14-16(21-7-20-14)22-8-23-17)27-19(26)13-6-12-15(29-13)10-4-2-3-5-11(10)28-12/h2-9H,1H3,(H2,20,21,22,23,24,25). The maximum absolute atomic E-state index is 12.6. The van der Waals surface area contributed by atoms with E-state index in [2.05, 4.69) is 31.3 Å². The van der Waals surface area contributed by atoms with E-state index < -0.39 is 18.0 Å². The molecule has 0 radical (unpaired) electrons. The number of aromatic nitrogens is 4. The number of carbonyl (C=O) groups excluding carboxylic acids is 2. The quantitative estimate of drug-likeness (QED) is 0.423. The molecule has 0 aliphatic carbocycles. The van der Waals surface area contributed by atoms with E-state index in [1.807, 2.05) is 24.3 Å². The zero-order valence-corrected chi connectivity index (χ0v) is 16.6. The minimum absolute atomic E-state index is 0.281. The average Bonchev–Trinajstić information content (AvgIpc) is 3.42. The molecule has 1 atom stereocenters. The molecule has 0 bridgehead atoms. The number of benzene rings is 1. The Kier molecular flexibility index (Phi) is 4.22. The van der Waals surface area contributed by atoms with Gasteiger partial charge in [0.2, 0.25) is 0 Å². The lowest BCUT2D eigenvalue weighted by Gasteiger charge is -2.12. The molecule has 1 unspecified atom stereocenters.